The van der Waals surface area contributed by atoms with Gasteiger partial charge in [-0.25, -0.2) is 9.37 Å². The number of carbonyl (C=O) groups is 1. The van der Waals surface area contributed by atoms with Crippen molar-refractivity contribution >= 4 is 17.4 Å². The van der Waals surface area contributed by atoms with Gasteiger partial charge in [0.05, 0.1) is 5.56 Å². The van der Waals surface area contributed by atoms with Gasteiger partial charge in [-0.1, -0.05) is 6.07 Å². The molecule has 0 aliphatic heterocycles. The zero-order valence-electron chi connectivity index (χ0n) is 11.6. The van der Waals surface area contributed by atoms with E-state index in [-0.39, 0.29) is 11.4 Å². The van der Waals surface area contributed by atoms with Gasteiger partial charge in [0.25, 0.3) is 5.91 Å². The first-order valence-electron chi connectivity index (χ1n) is 6.23. The van der Waals surface area contributed by atoms with Gasteiger partial charge >= 0.3 is 0 Å². The fourth-order valence-corrected chi connectivity index (χ4v) is 1.81. The molecule has 4 nitrogen and oxygen atoms in total. The maximum atomic E-state index is 14.0. The lowest BCUT2D eigenvalue weighted by atomic mass is 10.1. The molecule has 0 aliphatic carbocycles. The SMILES string of the molecule is CNc1nccc(C(=O)Nc2ccc(C)c(C)c2)c1F. The highest BCUT2D eigenvalue weighted by Gasteiger charge is 2.15. The van der Waals surface area contributed by atoms with E-state index < -0.39 is 11.7 Å². The third-order valence-electron chi connectivity index (χ3n) is 3.14. The summed E-state index contributed by atoms with van der Waals surface area (Å²) < 4.78 is 14.0. The summed E-state index contributed by atoms with van der Waals surface area (Å²) in [6.45, 7) is 3.94. The zero-order chi connectivity index (χ0) is 14.7. The van der Waals surface area contributed by atoms with Crippen molar-refractivity contribution in [1.29, 1.82) is 0 Å². The normalized spacial score (nSPS) is 10.2. The molecule has 0 atom stereocenters. The number of halogens is 1. The highest BCUT2D eigenvalue weighted by atomic mass is 19.1. The minimum atomic E-state index is -0.656. The van der Waals surface area contributed by atoms with Crippen LogP contribution >= 0.6 is 0 Å². The number of rotatable bonds is 3. The standard InChI is InChI=1S/C15H16FN3O/c1-9-4-5-11(8-10(9)2)19-15(20)12-6-7-18-14(17-3)13(12)16/h4-8H,1-3H3,(H,17,18)(H,19,20). The van der Waals surface area contributed by atoms with Gasteiger partial charge in [-0.15, -0.1) is 0 Å². The molecule has 20 heavy (non-hydrogen) atoms. The monoisotopic (exact) mass is 273 g/mol. The number of benzene rings is 1. The Bertz CT molecular complexity index is 656. The number of hydrogen-bond donors (Lipinski definition) is 2. The molecule has 0 aliphatic rings. The molecular formula is C15H16FN3O. The second-order valence-electron chi connectivity index (χ2n) is 4.52. The van der Waals surface area contributed by atoms with Crippen LogP contribution in [-0.4, -0.2) is 17.9 Å². The summed E-state index contributed by atoms with van der Waals surface area (Å²) in [5, 5.41) is 5.29. The molecule has 0 saturated carbocycles. The first kappa shape index (κ1) is 14.0. The second kappa shape index (κ2) is 5.69. The molecular weight excluding hydrogens is 257 g/mol. The number of carbonyl (C=O) groups excluding carboxylic acids is 1. The maximum Gasteiger partial charge on any atom is 0.258 e. The topological polar surface area (TPSA) is 54.0 Å². The molecule has 2 aromatic rings. The number of aryl methyl sites for hydroxylation is 2. The van der Waals surface area contributed by atoms with Gasteiger partial charge in [0.1, 0.15) is 0 Å². The molecule has 0 fully saturated rings. The van der Waals surface area contributed by atoms with E-state index in [9.17, 15) is 9.18 Å². The third kappa shape index (κ3) is 2.77. The second-order valence-corrected chi connectivity index (χ2v) is 4.52. The van der Waals surface area contributed by atoms with E-state index >= 15 is 0 Å². The lowest BCUT2D eigenvalue weighted by Gasteiger charge is -2.09. The van der Waals surface area contributed by atoms with Gasteiger partial charge < -0.3 is 10.6 Å². The van der Waals surface area contributed by atoms with E-state index in [1.54, 1.807) is 13.1 Å². The average molecular weight is 273 g/mol. The summed E-state index contributed by atoms with van der Waals surface area (Å²) in [7, 11) is 1.55. The molecule has 2 rings (SSSR count). The van der Waals surface area contributed by atoms with Gasteiger partial charge in [0, 0.05) is 18.9 Å². The Morgan fingerprint density at radius 3 is 2.60 bits per heavy atom. The minimum absolute atomic E-state index is 0.0393. The average Bonchev–Trinajstić information content (AvgIpc) is 2.43. The molecule has 0 unspecified atom stereocenters. The Morgan fingerprint density at radius 1 is 1.20 bits per heavy atom. The lowest BCUT2D eigenvalue weighted by molar-refractivity contribution is 0.102. The third-order valence-corrected chi connectivity index (χ3v) is 3.14. The van der Waals surface area contributed by atoms with Crippen molar-refractivity contribution in [3.63, 3.8) is 0 Å². The Kier molecular flexibility index (Phi) is 3.98. The van der Waals surface area contributed by atoms with Crippen LogP contribution in [0.1, 0.15) is 21.5 Å². The predicted molar refractivity (Wildman–Crippen MR) is 77.6 cm³/mol. The molecule has 0 bridgehead atoms. The molecule has 1 aromatic carbocycles. The van der Waals surface area contributed by atoms with Crippen LogP contribution in [0.25, 0.3) is 0 Å². The zero-order valence-corrected chi connectivity index (χ0v) is 11.6. The summed E-state index contributed by atoms with van der Waals surface area (Å²) in [6.07, 6.45) is 1.39. The van der Waals surface area contributed by atoms with Crippen molar-refractivity contribution in [2.75, 3.05) is 17.7 Å². The van der Waals surface area contributed by atoms with Crippen LogP contribution in [0.5, 0.6) is 0 Å². The maximum absolute atomic E-state index is 14.0. The van der Waals surface area contributed by atoms with Gasteiger partial charge in [-0.05, 0) is 43.2 Å². The number of hydrogen-bond acceptors (Lipinski definition) is 3. The summed E-state index contributed by atoms with van der Waals surface area (Å²) in [6, 6.07) is 6.91. The Hall–Kier alpha value is -2.43. The smallest absolute Gasteiger partial charge is 0.258 e. The molecule has 0 spiro atoms. The molecule has 1 heterocycles. The number of aromatic nitrogens is 1. The number of amides is 1. The van der Waals surface area contributed by atoms with Crippen molar-refractivity contribution in [3.8, 4) is 0 Å². The largest absolute Gasteiger partial charge is 0.371 e. The first-order valence-corrected chi connectivity index (χ1v) is 6.23. The van der Waals surface area contributed by atoms with Crippen LogP contribution in [0.2, 0.25) is 0 Å². The van der Waals surface area contributed by atoms with Crippen LogP contribution in [0, 0.1) is 19.7 Å². The molecule has 0 radical (unpaired) electrons. The minimum Gasteiger partial charge on any atom is -0.371 e. The number of pyridine rings is 1. The van der Waals surface area contributed by atoms with Crippen molar-refractivity contribution < 1.29 is 9.18 Å². The Labute approximate surface area is 117 Å². The quantitative estimate of drug-likeness (QED) is 0.903. The molecule has 5 heteroatoms. The van der Waals surface area contributed by atoms with Crippen LogP contribution in [0.15, 0.2) is 30.5 Å². The summed E-state index contributed by atoms with van der Waals surface area (Å²) in [5.74, 6) is -1.10. The fraction of sp³-hybridized carbons (Fsp3) is 0.200. The highest BCUT2D eigenvalue weighted by Crippen LogP contribution is 2.18. The Balaban J connectivity index is 2.26. The van der Waals surface area contributed by atoms with Crippen molar-refractivity contribution in [2.24, 2.45) is 0 Å². The summed E-state index contributed by atoms with van der Waals surface area (Å²) in [4.78, 5) is 15.9. The number of nitrogens with one attached hydrogen (secondary N) is 2. The van der Waals surface area contributed by atoms with Crippen LogP contribution in [0.4, 0.5) is 15.9 Å². The van der Waals surface area contributed by atoms with E-state index in [0.717, 1.165) is 11.1 Å². The highest BCUT2D eigenvalue weighted by molar-refractivity contribution is 6.04. The van der Waals surface area contributed by atoms with Crippen molar-refractivity contribution in [2.45, 2.75) is 13.8 Å². The van der Waals surface area contributed by atoms with E-state index in [2.05, 4.69) is 15.6 Å². The van der Waals surface area contributed by atoms with E-state index in [0.29, 0.717) is 5.69 Å². The van der Waals surface area contributed by atoms with Crippen LogP contribution < -0.4 is 10.6 Å². The molecule has 1 aromatic heterocycles. The van der Waals surface area contributed by atoms with Crippen LogP contribution in [-0.2, 0) is 0 Å². The van der Waals surface area contributed by atoms with Crippen molar-refractivity contribution in [3.05, 3.63) is 53.0 Å². The van der Waals surface area contributed by atoms with Gasteiger partial charge in [0.15, 0.2) is 11.6 Å². The van der Waals surface area contributed by atoms with Gasteiger partial charge in [-0.3, -0.25) is 4.79 Å². The first-order chi connectivity index (χ1) is 9.52. The van der Waals surface area contributed by atoms with Crippen LogP contribution in [0.3, 0.4) is 0 Å². The molecule has 1 amide bonds. The Morgan fingerprint density at radius 2 is 1.95 bits per heavy atom. The molecule has 104 valence electrons. The van der Waals surface area contributed by atoms with E-state index in [4.69, 9.17) is 0 Å². The molecule has 0 saturated heterocycles. The summed E-state index contributed by atoms with van der Waals surface area (Å²) in [5.41, 5.74) is 2.80. The van der Waals surface area contributed by atoms with E-state index in [1.165, 1.54) is 12.3 Å². The van der Waals surface area contributed by atoms with E-state index in [1.807, 2.05) is 26.0 Å². The van der Waals surface area contributed by atoms with Gasteiger partial charge in [-0.2, -0.15) is 0 Å². The van der Waals surface area contributed by atoms with Gasteiger partial charge in [0.2, 0.25) is 0 Å². The number of anilines is 2. The number of nitrogens with zero attached hydrogens (tertiary/aromatic N) is 1. The fourth-order valence-electron chi connectivity index (χ4n) is 1.81. The lowest BCUT2D eigenvalue weighted by Crippen LogP contribution is -2.15. The van der Waals surface area contributed by atoms with Crippen molar-refractivity contribution in [1.82, 2.24) is 4.98 Å². The predicted octanol–water partition coefficient (Wildman–Crippen LogP) is 3.13. The molecule has 2 N–H and O–H groups in total. The summed E-state index contributed by atoms with van der Waals surface area (Å²) >= 11 is 0.